The largest absolute Gasteiger partial charge is 0.480 e. The maximum absolute atomic E-state index is 12.5. The van der Waals surface area contributed by atoms with Crippen LogP contribution >= 0.6 is 11.6 Å². The summed E-state index contributed by atoms with van der Waals surface area (Å²) in [5.41, 5.74) is 1.26. The lowest BCUT2D eigenvalue weighted by Crippen LogP contribution is -2.44. The van der Waals surface area contributed by atoms with Crippen molar-refractivity contribution in [2.45, 2.75) is 19.4 Å². The van der Waals surface area contributed by atoms with Crippen LogP contribution in [0.25, 0.3) is 5.69 Å². The summed E-state index contributed by atoms with van der Waals surface area (Å²) in [6.45, 7) is 5.33. The molecular formula is C17H19ClN4O4. The van der Waals surface area contributed by atoms with Crippen LogP contribution < -0.4 is 5.32 Å². The Morgan fingerprint density at radius 1 is 1.50 bits per heavy atom. The minimum Gasteiger partial charge on any atom is -0.480 e. The lowest BCUT2D eigenvalue weighted by atomic mass is 10.2. The molecule has 1 atom stereocenters. The number of carboxylic acid groups (broad SMARTS) is 1. The molecule has 1 aromatic carbocycles. The van der Waals surface area contributed by atoms with Crippen molar-refractivity contribution >= 4 is 23.5 Å². The Hall–Kier alpha value is -2.71. The molecule has 9 heteroatoms. The summed E-state index contributed by atoms with van der Waals surface area (Å²) in [7, 11) is 0. The van der Waals surface area contributed by atoms with Crippen LogP contribution in [0.5, 0.6) is 0 Å². The number of rotatable bonds is 9. The summed E-state index contributed by atoms with van der Waals surface area (Å²) in [5, 5.41) is 20.1. The predicted octanol–water partition coefficient (Wildman–Crippen LogP) is 1.87. The van der Waals surface area contributed by atoms with E-state index in [4.69, 9.17) is 16.3 Å². The summed E-state index contributed by atoms with van der Waals surface area (Å²) in [6, 6.07) is 5.76. The number of carbonyl (C=O) groups is 2. The van der Waals surface area contributed by atoms with E-state index in [2.05, 4.69) is 22.2 Å². The van der Waals surface area contributed by atoms with Crippen LogP contribution in [0.2, 0.25) is 5.02 Å². The fraction of sp³-hybridized carbons (Fsp3) is 0.294. The van der Waals surface area contributed by atoms with Gasteiger partial charge in [0.1, 0.15) is 0 Å². The average Bonchev–Trinajstić information content (AvgIpc) is 3.05. The van der Waals surface area contributed by atoms with Gasteiger partial charge < -0.3 is 15.2 Å². The first-order chi connectivity index (χ1) is 12.5. The van der Waals surface area contributed by atoms with Gasteiger partial charge in [-0.2, -0.15) is 0 Å². The van der Waals surface area contributed by atoms with E-state index in [1.165, 1.54) is 10.8 Å². The van der Waals surface area contributed by atoms with Gasteiger partial charge in [-0.05, 0) is 24.6 Å². The Kier molecular flexibility index (Phi) is 6.88. The van der Waals surface area contributed by atoms with Gasteiger partial charge in [0.15, 0.2) is 11.7 Å². The molecule has 2 rings (SSSR count). The summed E-state index contributed by atoms with van der Waals surface area (Å²) in [6.07, 6.45) is 1.96. The van der Waals surface area contributed by atoms with Crippen molar-refractivity contribution in [1.82, 2.24) is 20.3 Å². The molecule has 138 valence electrons. The Labute approximate surface area is 155 Å². The second-order valence-electron chi connectivity index (χ2n) is 5.32. The highest BCUT2D eigenvalue weighted by Gasteiger charge is 2.25. The molecule has 0 saturated carbocycles. The van der Waals surface area contributed by atoms with Gasteiger partial charge in [-0.3, -0.25) is 4.79 Å². The molecule has 2 aromatic rings. The van der Waals surface area contributed by atoms with Crippen LogP contribution in [0.1, 0.15) is 23.1 Å². The minimum absolute atomic E-state index is 0.0578. The molecule has 0 saturated heterocycles. The van der Waals surface area contributed by atoms with Crippen molar-refractivity contribution in [3.05, 3.63) is 53.3 Å². The number of amides is 1. The molecule has 1 heterocycles. The standard InChI is InChI=1S/C17H19ClN4O4/c1-3-8-26-10-13(17(24)25)19-16(23)15-14(4-2)22(21-20-15)12-7-5-6-11(18)9-12/h3,5-7,9,13H,1,4,8,10H2,2H3,(H,19,23)(H,24,25). The van der Waals surface area contributed by atoms with E-state index in [-0.39, 0.29) is 18.9 Å². The molecule has 0 fully saturated rings. The maximum atomic E-state index is 12.5. The van der Waals surface area contributed by atoms with Gasteiger partial charge in [0, 0.05) is 5.02 Å². The van der Waals surface area contributed by atoms with Crippen LogP contribution in [0.4, 0.5) is 0 Å². The SMILES string of the molecule is C=CCOCC(NC(=O)c1nnn(-c2cccc(Cl)c2)c1CC)C(=O)O. The number of nitrogens with one attached hydrogen (secondary N) is 1. The second-order valence-corrected chi connectivity index (χ2v) is 5.76. The smallest absolute Gasteiger partial charge is 0.328 e. The number of hydrogen-bond acceptors (Lipinski definition) is 5. The van der Waals surface area contributed by atoms with E-state index in [0.29, 0.717) is 22.8 Å². The quantitative estimate of drug-likeness (QED) is 0.509. The van der Waals surface area contributed by atoms with Crippen molar-refractivity contribution in [3.63, 3.8) is 0 Å². The highest BCUT2D eigenvalue weighted by atomic mass is 35.5. The van der Waals surface area contributed by atoms with Gasteiger partial charge in [0.2, 0.25) is 0 Å². The molecule has 0 radical (unpaired) electrons. The zero-order chi connectivity index (χ0) is 19.1. The summed E-state index contributed by atoms with van der Waals surface area (Å²) in [4.78, 5) is 23.8. The molecule has 1 aromatic heterocycles. The minimum atomic E-state index is -1.21. The molecule has 2 N–H and O–H groups in total. The van der Waals surface area contributed by atoms with Crippen molar-refractivity contribution in [2.75, 3.05) is 13.2 Å². The van der Waals surface area contributed by atoms with Crippen molar-refractivity contribution in [2.24, 2.45) is 0 Å². The predicted molar refractivity (Wildman–Crippen MR) is 95.7 cm³/mol. The van der Waals surface area contributed by atoms with Crippen molar-refractivity contribution in [3.8, 4) is 5.69 Å². The first-order valence-corrected chi connectivity index (χ1v) is 8.28. The highest BCUT2D eigenvalue weighted by Crippen LogP contribution is 2.17. The van der Waals surface area contributed by atoms with Crippen LogP contribution in [0.15, 0.2) is 36.9 Å². The maximum Gasteiger partial charge on any atom is 0.328 e. The van der Waals surface area contributed by atoms with Crippen LogP contribution in [0, 0.1) is 0 Å². The molecular weight excluding hydrogens is 360 g/mol. The third-order valence-corrected chi connectivity index (χ3v) is 3.72. The Balaban J connectivity index is 2.23. The Bertz CT molecular complexity index is 806. The van der Waals surface area contributed by atoms with E-state index in [1.54, 1.807) is 24.3 Å². The zero-order valence-electron chi connectivity index (χ0n) is 14.2. The molecule has 0 aliphatic rings. The lowest BCUT2D eigenvalue weighted by molar-refractivity contribution is -0.140. The molecule has 1 amide bonds. The Morgan fingerprint density at radius 2 is 2.27 bits per heavy atom. The summed E-state index contributed by atoms with van der Waals surface area (Å²) >= 11 is 6.00. The summed E-state index contributed by atoms with van der Waals surface area (Å²) < 4.78 is 6.62. The fourth-order valence-corrected chi connectivity index (χ4v) is 2.47. The molecule has 26 heavy (non-hydrogen) atoms. The van der Waals surface area contributed by atoms with E-state index in [0.717, 1.165) is 0 Å². The first-order valence-electron chi connectivity index (χ1n) is 7.90. The topological polar surface area (TPSA) is 106 Å². The molecule has 0 bridgehead atoms. The van der Waals surface area contributed by atoms with Gasteiger partial charge in [0.05, 0.1) is 24.6 Å². The number of aliphatic carboxylic acids is 1. The number of nitrogens with zero attached hydrogens (tertiary/aromatic N) is 3. The Morgan fingerprint density at radius 3 is 2.88 bits per heavy atom. The average molecular weight is 379 g/mol. The number of hydrogen-bond donors (Lipinski definition) is 2. The zero-order valence-corrected chi connectivity index (χ0v) is 14.9. The molecule has 0 spiro atoms. The van der Waals surface area contributed by atoms with Crippen molar-refractivity contribution < 1.29 is 19.4 Å². The number of ether oxygens (including phenoxy) is 1. The van der Waals surface area contributed by atoms with Gasteiger partial charge in [-0.1, -0.05) is 35.9 Å². The first kappa shape index (κ1) is 19.6. The number of carboxylic acids is 1. The summed E-state index contributed by atoms with van der Waals surface area (Å²) in [5.74, 6) is -1.84. The third kappa shape index (κ3) is 4.68. The third-order valence-electron chi connectivity index (χ3n) is 3.49. The molecule has 0 aliphatic carbocycles. The monoisotopic (exact) mass is 378 g/mol. The number of halogens is 1. The van der Waals surface area contributed by atoms with E-state index < -0.39 is 17.9 Å². The van der Waals surface area contributed by atoms with Crippen LogP contribution in [-0.4, -0.2) is 51.2 Å². The van der Waals surface area contributed by atoms with E-state index >= 15 is 0 Å². The molecule has 1 unspecified atom stereocenters. The fourth-order valence-electron chi connectivity index (χ4n) is 2.28. The molecule has 0 aliphatic heterocycles. The van der Waals surface area contributed by atoms with E-state index in [1.807, 2.05) is 6.92 Å². The van der Waals surface area contributed by atoms with Gasteiger partial charge in [-0.25, -0.2) is 9.48 Å². The lowest BCUT2D eigenvalue weighted by Gasteiger charge is -2.14. The van der Waals surface area contributed by atoms with Crippen LogP contribution in [-0.2, 0) is 16.0 Å². The second kappa shape index (κ2) is 9.12. The van der Waals surface area contributed by atoms with Gasteiger partial charge in [0.25, 0.3) is 5.91 Å². The number of aromatic nitrogens is 3. The van der Waals surface area contributed by atoms with Gasteiger partial charge >= 0.3 is 5.97 Å². The van der Waals surface area contributed by atoms with Gasteiger partial charge in [-0.15, -0.1) is 11.7 Å². The number of carbonyl (C=O) groups excluding carboxylic acids is 1. The number of benzene rings is 1. The van der Waals surface area contributed by atoms with E-state index in [9.17, 15) is 14.7 Å². The highest BCUT2D eigenvalue weighted by molar-refractivity contribution is 6.30. The van der Waals surface area contributed by atoms with Crippen molar-refractivity contribution in [1.29, 1.82) is 0 Å². The molecule has 8 nitrogen and oxygen atoms in total. The van der Waals surface area contributed by atoms with Crippen LogP contribution in [0.3, 0.4) is 0 Å². The normalized spacial score (nSPS) is 11.8.